The lowest BCUT2D eigenvalue weighted by Crippen LogP contribution is -2.37. The number of aromatic nitrogens is 1. The van der Waals surface area contributed by atoms with E-state index in [0.717, 1.165) is 12.0 Å². The van der Waals surface area contributed by atoms with Crippen LogP contribution in [0.15, 0.2) is 65.6 Å². The Hall–Kier alpha value is -3.31. The maximum atomic E-state index is 13.3. The van der Waals surface area contributed by atoms with E-state index in [0.29, 0.717) is 54.2 Å². The molecule has 0 radical (unpaired) electrons. The van der Waals surface area contributed by atoms with Gasteiger partial charge in [0, 0.05) is 26.6 Å². The van der Waals surface area contributed by atoms with E-state index >= 15 is 0 Å². The number of sulfonamides is 1. The van der Waals surface area contributed by atoms with Crippen molar-refractivity contribution in [3.05, 3.63) is 71.8 Å². The van der Waals surface area contributed by atoms with Gasteiger partial charge in [0.25, 0.3) is 0 Å². The first kappa shape index (κ1) is 26.3. The first-order valence-corrected chi connectivity index (χ1v) is 14.1. The number of anilines is 1. The van der Waals surface area contributed by atoms with Crippen LogP contribution in [-0.4, -0.2) is 60.1 Å². The zero-order valence-corrected chi connectivity index (χ0v) is 21.9. The highest BCUT2D eigenvalue weighted by atomic mass is 32.2. The number of ether oxygens (including phenoxy) is 1. The summed E-state index contributed by atoms with van der Waals surface area (Å²) in [4.78, 5) is 18.1. The van der Waals surface area contributed by atoms with Crippen LogP contribution >= 0.6 is 0 Å². The van der Waals surface area contributed by atoms with E-state index < -0.39 is 15.4 Å². The van der Waals surface area contributed by atoms with Crippen LogP contribution in [0.1, 0.15) is 39.7 Å². The number of pyridine rings is 1. The molecule has 2 fully saturated rings. The number of aliphatic hydroxyl groups is 2. The van der Waals surface area contributed by atoms with Crippen LogP contribution < -0.4 is 10.1 Å². The zero-order valence-electron chi connectivity index (χ0n) is 21.1. The van der Waals surface area contributed by atoms with Crippen LogP contribution in [0, 0.1) is 0 Å². The lowest BCUT2D eigenvalue weighted by Gasteiger charge is -2.22. The molecular formula is C28H35N3O6S. The van der Waals surface area contributed by atoms with E-state index in [1.165, 1.54) is 4.31 Å². The monoisotopic (exact) mass is 541 g/mol. The Balaban J connectivity index is 0.00000220. The van der Waals surface area contributed by atoms with Crippen LogP contribution in [0.3, 0.4) is 0 Å². The van der Waals surface area contributed by atoms with Crippen molar-refractivity contribution >= 4 is 21.7 Å². The van der Waals surface area contributed by atoms with Gasteiger partial charge in [-0.15, -0.1) is 0 Å². The lowest BCUT2D eigenvalue weighted by molar-refractivity contribution is -0.118. The fourth-order valence-electron chi connectivity index (χ4n) is 5.11. The maximum Gasteiger partial charge on any atom is 0.243 e. The Morgan fingerprint density at radius 1 is 1.16 bits per heavy atom. The molecule has 38 heavy (non-hydrogen) atoms. The van der Waals surface area contributed by atoms with E-state index in [-0.39, 0.29) is 32.9 Å². The molecule has 0 bridgehead atoms. The predicted molar refractivity (Wildman–Crippen MR) is 146 cm³/mol. The Bertz CT molecular complexity index is 1450. The summed E-state index contributed by atoms with van der Waals surface area (Å²) in [5.41, 5.74) is 2.09. The van der Waals surface area contributed by atoms with Crippen molar-refractivity contribution in [2.24, 2.45) is 0 Å². The van der Waals surface area contributed by atoms with Gasteiger partial charge in [0.1, 0.15) is 11.6 Å². The molecule has 5 rings (SSSR count). The van der Waals surface area contributed by atoms with Crippen molar-refractivity contribution in [3.8, 4) is 17.0 Å². The molecule has 9 nitrogen and oxygen atoms in total. The second-order valence-corrected chi connectivity index (χ2v) is 11.6. The Kier molecular flexibility index (Phi) is 7.23. The van der Waals surface area contributed by atoms with Crippen molar-refractivity contribution in [3.63, 3.8) is 0 Å². The van der Waals surface area contributed by atoms with Crippen LogP contribution in [0.5, 0.6) is 5.75 Å². The van der Waals surface area contributed by atoms with Crippen molar-refractivity contribution in [2.45, 2.75) is 48.6 Å². The van der Waals surface area contributed by atoms with Crippen LogP contribution in [0.25, 0.3) is 11.3 Å². The molecule has 0 spiro atoms. The summed E-state index contributed by atoms with van der Waals surface area (Å²) in [6.45, 7) is 0.0263. The molecule has 0 unspecified atom stereocenters. The first-order chi connectivity index (χ1) is 18.3. The molecule has 3 N–H and O–H groups in total. The van der Waals surface area contributed by atoms with Gasteiger partial charge in [0.15, 0.2) is 0 Å². The summed E-state index contributed by atoms with van der Waals surface area (Å²) in [6, 6.07) is 16.8. The molecule has 2 heterocycles. The highest BCUT2D eigenvalue weighted by Crippen LogP contribution is 2.49. The minimum atomic E-state index is -3.70. The van der Waals surface area contributed by atoms with Gasteiger partial charge in [-0.1, -0.05) is 24.3 Å². The van der Waals surface area contributed by atoms with Crippen LogP contribution in [-0.2, 0) is 26.8 Å². The Morgan fingerprint density at radius 3 is 2.58 bits per heavy atom. The molecule has 1 atom stereocenters. The van der Waals surface area contributed by atoms with Gasteiger partial charge in [-0.3, -0.25) is 4.79 Å². The van der Waals surface area contributed by atoms with Gasteiger partial charge in [-0.25, -0.2) is 13.4 Å². The molecule has 1 saturated heterocycles. The summed E-state index contributed by atoms with van der Waals surface area (Å²) < 4.78 is 32.8. The third-order valence-corrected chi connectivity index (χ3v) is 9.44. The molecule has 1 aliphatic carbocycles. The Labute approximate surface area is 225 Å². The van der Waals surface area contributed by atoms with Crippen molar-refractivity contribution in [2.75, 3.05) is 25.6 Å². The number of methoxy groups -OCH3 is 1. The number of rotatable bonds is 9. The standard InChI is InChI=1S/C28H31N3O6S.2H2/c1-37-25-12-9-21(16-20(25)17-32)28(13-14-28)27(34)30-26-6-2-5-24(29-26)19-7-10-23(11-8-19)38(35,36)31-15-3-4-22(31)18-33;;/h2,5-12,16,22,32-33H,3-4,13-15,17-18H2,1H3,(H,29,30,34);2*1H/t22-;;/m1../s1. The van der Waals surface area contributed by atoms with Gasteiger partial charge in [-0.05, 0) is 67.6 Å². The minimum absolute atomic E-state index is 0. The SMILES string of the molecule is COc1ccc(C2(C(=O)Nc3cccc(-c4ccc(S(=O)(=O)N5CCC[C@@H]5CO)cc4)n3)CC2)cc1CO.[HH].[HH]. The molecule has 2 aliphatic rings. The van der Waals surface area contributed by atoms with Gasteiger partial charge < -0.3 is 20.3 Å². The average Bonchev–Trinajstić information content (AvgIpc) is 3.62. The van der Waals surface area contributed by atoms with E-state index in [1.807, 2.05) is 12.1 Å². The van der Waals surface area contributed by atoms with E-state index in [9.17, 15) is 23.4 Å². The van der Waals surface area contributed by atoms with E-state index in [4.69, 9.17) is 4.74 Å². The number of carbonyl (C=O) groups is 1. The first-order valence-electron chi connectivity index (χ1n) is 12.6. The lowest BCUT2D eigenvalue weighted by atomic mass is 9.93. The van der Waals surface area contributed by atoms with Crippen LogP contribution in [0.4, 0.5) is 5.82 Å². The minimum Gasteiger partial charge on any atom is -0.496 e. The summed E-state index contributed by atoms with van der Waals surface area (Å²) in [7, 11) is -2.16. The molecule has 1 saturated carbocycles. The van der Waals surface area contributed by atoms with Gasteiger partial charge in [0.05, 0.1) is 36.3 Å². The fourth-order valence-corrected chi connectivity index (χ4v) is 6.80. The highest BCUT2D eigenvalue weighted by Gasteiger charge is 2.51. The number of benzene rings is 2. The number of nitrogens with zero attached hydrogens (tertiary/aromatic N) is 2. The van der Waals surface area contributed by atoms with Gasteiger partial charge in [0.2, 0.25) is 15.9 Å². The summed E-state index contributed by atoms with van der Waals surface area (Å²) in [6.07, 6.45) is 2.77. The normalized spacial score (nSPS) is 18.8. The molecule has 1 aromatic heterocycles. The summed E-state index contributed by atoms with van der Waals surface area (Å²) in [5.74, 6) is 0.810. The van der Waals surface area contributed by atoms with Gasteiger partial charge in [-0.2, -0.15) is 4.31 Å². The Morgan fingerprint density at radius 2 is 1.92 bits per heavy atom. The molecule has 3 aromatic rings. The number of nitrogens with one attached hydrogen (secondary N) is 1. The highest BCUT2D eigenvalue weighted by molar-refractivity contribution is 7.89. The number of carbonyl (C=O) groups excluding carboxylic acids is 1. The number of amides is 1. The molecular weight excluding hydrogens is 506 g/mol. The van der Waals surface area contributed by atoms with Crippen LogP contribution in [0.2, 0.25) is 0 Å². The molecule has 1 aliphatic heterocycles. The number of aliphatic hydroxyl groups excluding tert-OH is 2. The van der Waals surface area contributed by atoms with Crippen molar-refractivity contribution in [1.82, 2.24) is 9.29 Å². The quantitative estimate of drug-likeness (QED) is 0.378. The van der Waals surface area contributed by atoms with Gasteiger partial charge >= 0.3 is 0 Å². The molecule has 204 valence electrons. The molecule has 10 heteroatoms. The van der Waals surface area contributed by atoms with Crippen molar-refractivity contribution < 1.29 is 31.0 Å². The van der Waals surface area contributed by atoms with E-state index in [1.54, 1.807) is 55.6 Å². The summed E-state index contributed by atoms with van der Waals surface area (Å²) in [5, 5.41) is 22.1. The fraction of sp³-hybridized carbons (Fsp3) is 0.357. The second-order valence-electron chi connectivity index (χ2n) is 9.75. The molecule has 1 amide bonds. The van der Waals surface area contributed by atoms with Crippen molar-refractivity contribution in [1.29, 1.82) is 0 Å². The smallest absolute Gasteiger partial charge is 0.243 e. The topological polar surface area (TPSA) is 129 Å². The predicted octanol–water partition coefficient (Wildman–Crippen LogP) is 3.56. The second kappa shape index (κ2) is 10.5. The number of hydrogen-bond acceptors (Lipinski definition) is 7. The molecule has 2 aromatic carbocycles. The largest absolute Gasteiger partial charge is 0.496 e. The third-order valence-electron chi connectivity index (χ3n) is 7.47. The zero-order chi connectivity index (χ0) is 26.9. The van der Waals surface area contributed by atoms with E-state index in [2.05, 4.69) is 10.3 Å². The third kappa shape index (κ3) is 4.80. The number of hydrogen-bond donors (Lipinski definition) is 3. The average molecular weight is 542 g/mol. The summed E-state index contributed by atoms with van der Waals surface area (Å²) >= 11 is 0. The maximum absolute atomic E-state index is 13.3.